The van der Waals surface area contributed by atoms with E-state index in [1.165, 1.54) is 7.11 Å². The maximum absolute atomic E-state index is 15.5. The van der Waals surface area contributed by atoms with Crippen LogP contribution in [0.2, 0.25) is 0 Å². The van der Waals surface area contributed by atoms with Crippen molar-refractivity contribution in [3.8, 4) is 11.8 Å². The smallest absolute Gasteiger partial charge is 0.320 e. The Morgan fingerprint density at radius 1 is 1.03 bits per heavy atom. The Morgan fingerprint density at radius 2 is 1.81 bits per heavy atom. The number of ether oxygens (including phenoxy) is 3. The molecule has 0 saturated carbocycles. The van der Waals surface area contributed by atoms with E-state index in [4.69, 9.17) is 14.2 Å². The van der Waals surface area contributed by atoms with Gasteiger partial charge in [-0.2, -0.15) is 15.1 Å². The van der Waals surface area contributed by atoms with Crippen molar-refractivity contribution < 1.29 is 23.0 Å². The number of hydrogen-bond acceptors (Lipinski definition) is 8. The largest absolute Gasteiger partial charge is 0.467 e. The number of aromatic nitrogens is 4. The molecule has 0 bridgehead atoms. The molecule has 0 aliphatic carbocycles. The summed E-state index contributed by atoms with van der Waals surface area (Å²) in [6.07, 6.45) is 2.14. The van der Waals surface area contributed by atoms with Gasteiger partial charge in [-0.25, -0.2) is 13.5 Å². The van der Waals surface area contributed by atoms with Crippen LogP contribution in [0.3, 0.4) is 0 Å². The van der Waals surface area contributed by atoms with Gasteiger partial charge in [-0.05, 0) is 43.1 Å². The molecule has 0 radical (unpaired) electrons. The SMILES string of the molecule is COc1nc(N2CCOCC2)cc(-n2ncc3cc(C)c(C4CCN(C5COC5)CC4(F)F)cc32)n1. The van der Waals surface area contributed by atoms with Crippen molar-refractivity contribution in [2.75, 3.05) is 64.6 Å². The van der Waals surface area contributed by atoms with Crippen molar-refractivity contribution in [3.05, 3.63) is 35.5 Å². The fourth-order valence-electron chi connectivity index (χ4n) is 5.41. The predicted octanol–water partition coefficient (Wildman–Crippen LogP) is 2.79. The van der Waals surface area contributed by atoms with Crippen LogP contribution in [0.15, 0.2) is 24.4 Å². The molecule has 1 unspecified atom stereocenters. The first kappa shape index (κ1) is 23.5. The molecular formula is C25H30F2N6O3. The van der Waals surface area contributed by atoms with Gasteiger partial charge in [0.15, 0.2) is 5.82 Å². The first-order valence-corrected chi connectivity index (χ1v) is 12.4. The van der Waals surface area contributed by atoms with Gasteiger partial charge in [0.05, 0.1) is 63.8 Å². The topological polar surface area (TPSA) is 77.8 Å². The minimum atomic E-state index is -2.83. The maximum Gasteiger partial charge on any atom is 0.320 e. The summed E-state index contributed by atoms with van der Waals surface area (Å²) in [4.78, 5) is 13.0. The third-order valence-corrected chi connectivity index (χ3v) is 7.51. The minimum Gasteiger partial charge on any atom is -0.467 e. The van der Waals surface area contributed by atoms with Crippen molar-refractivity contribution in [1.29, 1.82) is 0 Å². The number of piperidine rings is 1. The molecule has 3 fully saturated rings. The third kappa shape index (κ3) is 4.18. The van der Waals surface area contributed by atoms with E-state index in [-0.39, 0.29) is 18.6 Å². The second kappa shape index (κ2) is 9.20. The number of methoxy groups -OCH3 is 1. The van der Waals surface area contributed by atoms with Gasteiger partial charge in [0.25, 0.3) is 5.92 Å². The van der Waals surface area contributed by atoms with E-state index < -0.39 is 11.8 Å². The lowest BCUT2D eigenvalue weighted by Crippen LogP contribution is -2.57. The molecule has 1 aromatic carbocycles. The van der Waals surface area contributed by atoms with E-state index in [0.29, 0.717) is 63.9 Å². The second-order valence-electron chi connectivity index (χ2n) is 9.76. The normalized spacial score (nSPS) is 23.1. The fraction of sp³-hybridized carbons (Fsp3) is 0.560. The van der Waals surface area contributed by atoms with Crippen LogP contribution in [0.4, 0.5) is 14.6 Å². The van der Waals surface area contributed by atoms with Crippen LogP contribution in [-0.4, -0.2) is 96.3 Å². The summed E-state index contributed by atoms with van der Waals surface area (Å²) in [5.74, 6) is -2.44. The number of fused-ring (bicyclic) bond motifs is 1. The van der Waals surface area contributed by atoms with Crippen molar-refractivity contribution >= 4 is 16.7 Å². The van der Waals surface area contributed by atoms with Crippen LogP contribution in [0.5, 0.6) is 6.01 Å². The molecule has 36 heavy (non-hydrogen) atoms. The molecule has 3 saturated heterocycles. The second-order valence-corrected chi connectivity index (χ2v) is 9.76. The Balaban J connectivity index is 1.37. The Morgan fingerprint density at radius 3 is 2.50 bits per heavy atom. The number of anilines is 1. The monoisotopic (exact) mass is 500 g/mol. The fourth-order valence-corrected chi connectivity index (χ4v) is 5.41. The molecule has 0 spiro atoms. The summed E-state index contributed by atoms with van der Waals surface area (Å²) in [6, 6.07) is 5.99. The highest BCUT2D eigenvalue weighted by atomic mass is 19.3. The Hall–Kier alpha value is -2.89. The molecule has 3 aliphatic rings. The van der Waals surface area contributed by atoms with Gasteiger partial charge in [-0.3, -0.25) is 4.90 Å². The molecule has 9 nitrogen and oxygen atoms in total. The average molecular weight is 501 g/mol. The van der Waals surface area contributed by atoms with Gasteiger partial charge >= 0.3 is 6.01 Å². The van der Waals surface area contributed by atoms with E-state index in [0.717, 1.165) is 22.3 Å². The van der Waals surface area contributed by atoms with Crippen LogP contribution >= 0.6 is 0 Å². The number of aryl methyl sites for hydroxylation is 1. The molecule has 11 heteroatoms. The number of alkyl halides is 2. The summed E-state index contributed by atoms with van der Waals surface area (Å²) >= 11 is 0. The molecule has 0 N–H and O–H groups in total. The molecule has 5 heterocycles. The van der Waals surface area contributed by atoms with E-state index in [9.17, 15) is 0 Å². The standard InChI is InChI=1S/C25H30F2N6O3/c1-16-9-17-12-28-33(23-11-22(29-24(30-23)34-2)31-5-7-35-8-6-31)21(17)10-19(16)20-3-4-32(15-25(20,26)27)18-13-36-14-18/h9-12,18,20H,3-8,13-15H2,1-2H3. The van der Waals surface area contributed by atoms with Crippen LogP contribution in [0.1, 0.15) is 23.5 Å². The van der Waals surface area contributed by atoms with Crippen LogP contribution in [0.25, 0.3) is 16.7 Å². The van der Waals surface area contributed by atoms with Crippen molar-refractivity contribution in [2.45, 2.75) is 31.2 Å². The molecule has 3 aliphatic heterocycles. The van der Waals surface area contributed by atoms with E-state index in [1.807, 2.05) is 30.0 Å². The van der Waals surface area contributed by atoms with Gasteiger partial charge in [0.1, 0.15) is 5.82 Å². The quantitative estimate of drug-likeness (QED) is 0.530. The van der Waals surface area contributed by atoms with Crippen molar-refractivity contribution in [3.63, 3.8) is 0 Å². The van der Waals surface area contributed by atoms with Crippen molar-refractivity contribution in [1.82, 2.24) is 24.6 Å². The Bertz CT molecular complexity index is 1260. The van der Waals surface area contributed by atoms with E-state index in [1.54, 1.807) is 10.9 Å². The summed E-state index contributed by atoms with van der Waals surface area (Å²) in [6.45, 7) is 6.04. The molecule has 3 aromatic rings. The molecule has 6 rings (SSSR count). The van der Waals surface area contributed by atoms with E-state index in [2.05, 4.69) is 20.0 Å². The van der Waals surface area contributed by atoms with Gasteiger partial charge < -0.3 is 19.1 Å². The zero-order chi connectivity index (χ0) is 24.9. The highest BCUT2D eigenvalue weighted by Crippen LogP contribution is 2.43. The summed E-state index contributed by atoms with van der Waals surface area (Å²) in [5, 5.41) is 5.43. The van der Waals surface area contributed by atoms with Gasteiger partial charge in [0, 0.05) is 24.5 Å². The number of rotatable bonds is 5. The predicted molar refractivity (Wildman–Crippen MR) is 129 cm³/mol. The number of halogens is 2. The third-order valence-electron chi connectivity index (χ3n) is 7.51. The molecular weight excluding hydrogens is 470 g/mol. The van der Waals surface area contributed by atoms with Gasteiger partial charge in [-0.1, -0.05) is 0 Å². The lowest BCUT2D eigenvalue weighted by atomic mass is 9.83. The average Bonchev–Trinajstić information content (AvgIpc) is 3.25. The van der Waals surface area contributed by atoms with Gasteiger partial charge in [0.2, 0.25) is 0 Å². The zero-order valence-electron chi connectivity index (χ0n) is 20.5. The summed E-state index contributed by atoms with van der Waals surface area (Å²) in [5.41, 5.74) is 2.24. The number of hydrogen-bond donors (Lipinski definition) is 0. The zero-order valence-corrected chi connectivity index (χ0v) is 20.5. The molecule has 2 aromatic heterocycles. The Labute approximate surface area is 207 Å². The molecule has 192 valence electrons. The molecule has 0 amide bonds. The lowest BCUT2D eigenvalue weighted by Gasteiger charge is -2.45. The van der Waals surface area contributed by atoms with Crippen LogP contribution < -0.4 is 9.64 Å². The molecule has 1 atom stereocenters. The summed E-state index contributed by atoms with van der Waals surface area (Å²) in [7, 11) is 1.52. The highest BCUT2D eigenvalue weighted by Gasteiger charge is 2.48. The van der Waals surface area contributed by atoms with Gasteiger partial charge in [-0.15, -0.1) is 0 Å². The van der Waals surface area contributed by atoms with E-state index >= 15 is 8.78 Å². The number of nitrogens with zero attached hydrogens (tertiary/aromatic N) is 6. The number of benzene rings is 1. The first-order valence-electron chi connectivity index (χ1n) is 12.4. The van der Waals surface area contributed by atoms with Crippen LogP contribution in [-0.2, 0) is 9.47 Å². The number of likely N-dealkylation sites (tertiary alicyclic amines) is 1. The highest BCUT2D eigenvalue weighted by molar-refractivity contribution is 5.82. The first-order chi connectivity index (χ1) is 17.4. The minimum absolute atomic E-state index is 0.107. The maximum atomic E-state index is 15.5. The number of morpholine rings is 1. The van der Waals surface area contributed by atoms with Crippen molar-refractivity contribution in [2.24, 2.45) is 0 Å². The lowest BCUT2D eigenvalue weighted by molar-refractivity contribution is -0.136. The summed E-state index contributed by atoms with van der Waals surface area (Å²) < 4.78 is 48.6. The van der Waals surface area contributed by atoms with Crippen LogP contribution in [0, 0.1) is 6.92 Å². The Kier molecular flexibility index (Phi) is 6.01.